The molecule has 1 saturated heterocycles. The quantitative estimate of drug-likeness (QED) is 0.323. The highest BCUT2D eigenvalue weighted by atomic mass is 32.1. The Morgan fingerprint density at radius 3 is 2.40 bits per heavy atom. The van der Waals surface area contributed by atoms with Crippen molar-refractivity contribution in [3.8, 4) is 16.9 Å². The average Bonchev–Trinajstić information content (AvgIpc) is 3.45. The summed E-state index contributed by atoms with van der Waals surface area (Å²) in [5.41, 5.74) is 3.08. The maximum atomic E-state index is 13.3. The molecule has 0 spiro atoms. The van der Waals surface area contributed by atoms with Crippen LogP contribution in [0.25, 0.3) is 11.1 Å². The van der Waals surface area contributed by atoms with Gasteiger partial charge in [0.05, 0.1) is 12.8 Å². The van der Waals surface area contributed by atoms with Crippen LogP contribution in [-0.4, -0.2) is 77.3 Å². The van der Waals surface area contributed by atoms with E-state index < -0.39 is 0 Å². The number of aromatic nitrogens is 3. The molecule has 1 aliphatic heterocycles. The van der Waals surface area contributed by atoms with E-state index in [-0.39, 0.29) is 5.91 Å². The molecule has 4 heterocycles. The molecule has 0 aromatic carbocycles. The molecule has 4 aliphatic carbocycles. The zero-order valence-corrected chi connectivity index (χ0v) is 25.7. The van der Waals surface area contributed by atoms with E-state index in [4.69, 9.17) is 4.74 Å². The van der Waals surface area contributed by atoms with Crippen LogP contribution in [0.4, 0.5) is 5.82 Å². The molecule has 8 nitrogen and oxygen atoms in total. The molecule has 4 saturated carbocycles. The van der Waals surface area contributed by atoms with Crippen molar-refractivity contribution in [1.29, 1.82) is 0 Å². The summed E-state index contributed by atoms with van der Waals surface area (Å²) in [6.45, 7) is 8.14. The summed E-state index contributed by atoms with van der Waals surface area (Å²) in [5.74, 6) is 4.35. The monoisotopic (exact) mass is 586 g/mol. The van der Waals surface area contributed by atoms with Crippen molar-refractivity contribution in [3.05, 3.63) is 52.6 Å². The van der Waals surface area contributed by atoms with Crippen molar-refractivity contribution in [2.45, 2.75) is 52.0 Å². The molecule has 5 aliphatic rings. The minimum absolute atomic E-state index is 0.00493. The molecule has 8 rings (SSSR count). The zero-order valence-electron chi connectivity index (χ0n) is 24.9. The lowest BCUT2D eigenvalue weighted by Gasteiger charge is -2.57. The Morgan fingerprint density at radius 1 is 1.00 bits per heavy atom. The second-order valence-corrected chi connectivity index (χ2v) is 14.3. The van der Waals surface area contributed by atoms with Crippen molar-refractivity contribution in [3.63, 3.8) is 0 Å². The number of pyridine rings is 1. The summed E-state index contributed by atoms with van der Waals surface area (Å²) in [6.07, 6.45) is 11.9. The van der Waals surface area contributed by atoms with Gasteiger partial charge in [-0.15, -0.1) is 21.5 Å². The molecule has 42 heavy (non-hydrogen) atoms. The van der Waals surface area contributed by atoms with E-state index in [1.807, 2.05) is 37.2 Å². The van der Waals surface area contributed by atoms with Gasteiger partial charge in [0.1, 0.15) is 5.75 Å². The smallest absolute Gasteiger partial charge is 0.274 e. The standard InChI is InChI=1S/C33H42N6O2S/c1-3-41-28-13-26(18-34-19-28)27-14-29(42-21-27)20-38-6-8-39(9-7-38)31-5-4-30(35-36-31)32(40)37(2)22-33-15-23-10-24(16-33)12-25(11-23)17-33/h4-5,13-14,18-19,21,23-25H,3,6-12,15-17,20,22H2,1-2H3. The van der Waals surface area contributed by atoms with Crippen LogP contribution in [0.5, 0.6) is 5.75 Å². The maximum Gasteiger partial charge on any atom is 0.274 e. The van der Waals surface area contributed by atoms with Crippen LogP contribution in [-0.2, 0) is 6.54 Å². The van der Waals surface area contributed by atoms with Gasteiger partial charge in [-0.3, -0.25) is 14.7 Å². The topological polar surface area (TPSA) is 74.7 Å². The van der Waals surface area contributed by atoms with Crippen LogP contribution in [0, 0.1) is 23.2 Å². The number of carbonyl (C=O) groups excluding carboxylic acids is 1. The summed E-state index contributed by atoms with van der Waals surface area (Å²) in [6, 6.07) is 8.17. The summed E-state index contributed by atoms with van der Waals surface area (Å²) in [4.78, 5) is 25.7. The van der Waals surface area contributed by atoms with E-state index in [0.717, 1.165) is 74.2 Å². The fourth-order valence-corrected chi connectivity index (χ4v) is 9.59. The molecular weight excluding hydrogens is 544 g/mol. The number of amides is 1. The molecule has 0 unspecified atom stereocenters. The van der Waals surface area contributed by atoms with Gasteiger partial charge >= 0.3 is 0 Å². The lowest BCUT2D eigenvalue weighted by molar-refractivity contribution is -0.0629. The van der Waals surface area contributed by atoms with E-state index in [1.54, 1.807) is 17.5 Å². The van der Waals surface area contributed by atoms with Crippen LogP contribution >= 0.6 is 11.3 Å². The predicted molar refractivity (Wildman–Crippen MR) is 166 cm³/mol. The van der Waals surface area contributed by atoms with Crippen LogP contribution < -0.4 is 9.64 Å². The summed E-state index contributed by atoms with van der Waals surface area (Å²) in [5, 5.41) is 11.1. The highest BCUT2D eigenvalue weighted by Gasteiger charge is 2.51. The first kappa shape index (κ1) is 27.8. The van der Waals surface area contributed by atoms with Gasteiger partial charge < -0.3 is 14.5 Å². The first-order valence-electron chi connectivity index (χ1n) is 15.7. The molecular formula is C33H42N6O2S. The van der Waals surface area contributed by atoms with Crippen molar-refractivity contribution >= 4 is 23.1 Å². The van der Waals surface area contributed by atoms with E-state index in [0.29, 0.717) is 17.7 Å². The number of ether oxygens (including phenoxy) is 1. The second kappa shape index (κ2) is 11.6. The molecule has 3 aromatic rings. The second-order valence-electron chi connectivity index (χ2n) is 13.3. The molecule has 0 N–H and O–H groups in total. The highest BCUT2D eigenvalue weighted by molar-refractivity contribution is 7.10. The number of hydrogen-bond donors (Lipinski definition) is 0. The average molecular weight is 587 g/mol. The fraction of sp³-hybridized carbons (Fsp3) is 0.576. The van der Waals surface area contributed by atoms with Gasteiger partial charge in [-0.05, 0) is 104 Å². The Balaban J connectivity index is 0.909. The van der Waals surface area contributed by atoms with Gasteiger partial charge in [-0.2, -0.15) is 0 Å². The van der Waals surface area contributed by atoms with E-state index in [2.05, 4.69) is 42.5 Å². The van der Waals surface area contributed by atoms with Crippen LogP contribution in [0.15, 0.2) is 42.0 Å². The number of carbonyl (C=O) groups is 1. The molecule has 3 aromatic heterocycles. The van der Waals surface area contributed by atoms with Gasteiger partial charge in [0, 0.05) is 63.0 Å². The summed E-state index contributed by atoms with van der Waals surface area (Å²) >= 11 is 1.80. The van der Waals surface area contributed by atoms with Gasteiger partial charge in [0.15, 0.2) is 11.5 Å². The van der Waals surface area contributed by atoms with Crippen LogP contribution in [0.3, 0.4) is 0 Å². The zero-order chi connectivity index (χ0) is 28.7. The van der Waals surface area contributed by atoms with Gasteiger partial charge in [-0.25, -0.2) is 0 Å². The first-order chi connectivity index (χ1) is 20.4. The number of nitrogens with zero attached hydrogens (tertiary/aromatic N) is 6. The van der Waals surface area contributed by atoms with Gasteiger partial charge in [0.2, 0.25) is 0 Å². The minimum Gasteiger partial charge on any atom is -0.492 e. The van der Waals surface area contributed by atoms with Crippen molar-refractivity contribution < 1.29 is 9.53 Å². The normalized spacial score (nSPS) is 26.9. The number of thiophene rings is 1. The molecule has 222 valence electrons. The Labute approximate surface area is 253 Å². The van der Waals surface area contributed by atoms with Crippen molar-refractivity contribution in [2.75, 3.05) is 51.3 Å². The number of hydrogen-bond acceptors (Lipinski definition) is 8. The lowest BCUT2D eigenvalue weighted by Crippen LogP contribution is -2.51. The number of piperazine rings is 1. The summed E-state index contributed by atoms with van der Waals surface area (Å²) < 4.78 is 5.62. The largest absolute Gasteiger partial charge is 0.492 e. The Hall–Kier alpha value is -3.04. The first-order valence-corrected chi connectivity index (χ1v) is 16.6. The highest BCUT2D eigenvalue weighted by Crippen LogP contribution is 2.60. The van der Waals surface area contributed by atoms with E-state index >= 15 is 0 Å². The molecule has 1 amide bonds. The van der Waals surface area contributed by atoms with Crippen molar-refractivity contribution in [1.82, 2.24) is 25.0 Å². The van der Waals surface area contributed by atoms with Crippen LogP contribution in [0.1, 0.15) is 60.8 Å². The predicted octanol–water partition coefficient (Wildman–Crippen LogP) is 5.61. The Bertz CT molecular complexity index is 1360. The Morgan fingerprint density at radius 2 is 1.74 bits per heavy atom. The maximum absolute atomic E-state index is 13.3. The van der Waals surface area contributed by atoms with Gasteiger partial charge in [0.25, 0.3) is 5.91 Å². The lowest BCUT2D eigenvalue weighted by atomic mass is 9.49. The molecule has 4 bridgehead atoms. The minimum atomic E-state index is 0.00493. The third-order valence-electron chi connectivity index (χ3n) is 10.0. The van der Waals surface area contributed by atoms with Crippen LogP contribution in [0.2, 0.25) is 0 Å². The molecule has 0 radical (unpaired) electrons. The molecule has 0 atom stereocenters. The van der Waals surface area contributed by atoms with Crippen molar-refractivity contribution in [2.24, 2.45) is 23.2 Å². The number of rotatable bonds is 9. The third-order valence-corrected chi connectivity index (χ3v) is 11.0. The Kier molecular flexibility index (Phi) is 7.65. The fourth-order valence-electron chi connectivity index (χ4n) is 8.65. The SMILES string of the molecule is CCOc1cncc(-c2csc(CN3CCN(c4ccc(C(=O)N(C)CC56CC7CC(CC(C7)C5)C6)nn4)CC3)c2)c1. The van der Waals surface area contributed by atoms with E-state index in [9.17, 15) is 4.79 Å². The molecule has 9 heteroatoms. The van der Waals surface area contributed by atoms with E-state index in [1.165, 1.54) is 49.0 Å². The summed E-state index contributed by atoms with van der Waals surface area (Å²) in [7, 11) is 1.96. The number of anilines is 1. The van der Waals surface area contributed by atoms with Gasteiger partial charge in [-0.1, -0.05) is 0 Å². The molecule has 5 fully saturated rings. The third kappa shape index (κ3) is 5.78.